The summed E-state index contributed by atoms with van der Waals surface area (Å²) < 4.78 is 0. The van der Waals surface area contributed by atoms with Crippen LogP contribution in [0.25, 0.3) is 21.5 Å². The van der Waals surface area contributed by atoms with Crippen molar-refractivity contribution in [3.05, 3.63) is 60.2 Å². The van der Waals surface area contributed by atoms with E-state index < -0.39 is 0 Å². The second-order valence-electron chi connectivity index (χ2n) is 5.39. The maximum atomic E-state index is 10.6. The molecule has 0 fully saturated rings. The first kappa shape index (κ1) is 13.1. The van der Waals surface area contributed by atoms with E-state index in [9.17, 15) is 5.11 Å². The number of unbranched alkanes of at least 4 members (excludes halogenated alkanes) is 1. The van der Waals surface area contributed by atoms with Crippen molar-refractivity contribution in [2.24, 2.45) is 0 Å². The Hall–Kier alpha value is -1.86. The summed E-state index contributed by atoms with van der Waals surface area (Å²) in [5, 5.41) is 15.4. The van der Waals surface area contributed by atoms with Gasteiger partial charge in [0.2, 0.25) is 0 Å². The minimum absolute atomic E-state index is 0.383. The summed E-state index contributed by atoms with van der Waals surface area (Å²) in [5.74, 6) is 0. The normalized spacial score (nSPS) is 12.9. The zero-order chi connectivity index (χ0) is 13.9. The van der Waals surface area contributed by atoms with Gasteiger partial charge in [-0.05, 0) is 39.6 Å². The summed E-state index contributed by atoms with van der Waals surface area (Å²) in [6, 6.07) is 18.9. The Kier molecular flexibility index (Phi) is 3.70. The van der Waals surface area contributed by atoms with Crippen molar-refractivity contribution >= 4 is 21.5 Å². The first-order valence-corrected chi connectivity index (χ1v) is 7.39. The highest BCUT2D eigenvalue weighted by Gasteiger charge is 2.14. The quantitative estimate of drug-likeness (QED) is 0.641. The molecule has 0 radical (unpaired) electrons. The lowest BCUT2D eigenvalue weighted by atomic mass is 9.91. The van der Waals surface area contributed by atoms with Crippen molar-refractivity contribution in [2.45, 2.75) is 32.3 Å². The monoisotopic (exact) mass is 264 g/mol. The summed E-state index contributed by atoms with van der Waals surface area (Å²) in [6.07, 6.45) is 2.61. The Bertz CT molecular complexity index is 676. The topological polar surface area (TPSA) is 20.2 Å². The molecular weight excluding hydrogens is 244 g/mol. The lowest BCUT2D eigenvalue weighted by Crippen LogP contribution is -2.00. The molecule has 1 atom stereocenters. The average molecular weight is 264 g/mol. The van der Waals surface area contributed by atoms with E-state index in [1.54, 1.807) is 0 Å². The van der Waals surface area contributed by atoms with Crippen LogP contribution in [0.5, 0.6) is 0 Å². The number of fused-ring (bicyclic) bond motifs is 2. The number of aliphatic hydroxyl groups is 1. The Balaban J connectivity index is 2.27. The van der Waals surface area contributed by atoms with E-state index >= 15 is 0 Å². The van der Waals surface area contributed by atoms with Crippen molar-refractivity contribution in [1.29, 1.82) is 0 Å². The molecule has 3 aromatic carbocycles. The number of benzene rings is 3. The molecule has 1 unspecified atom stereocenters. The highest BCUT2D eigenvalue weighted by atomic mass is 16.3. The van der Waals surface area contributed by atoms with Crippen LogP contribution in [-0.2, 0) is 0 Å². The SMILES string of the molecule is CCCCC(O)c1c2ccccc2cc2ccccc12. The Morgan fingerprint density at radius 3 is 2.00 bits per heavy atom. The van der Waals surface area contributed by atoms with Crippen LogP contribution in [0, 0.1) is 0 Å². The van der Waals surface area contributed by atoms with Crippen molar-refractivity contribution < 1.29 is 5.11 Å². The summed E-state index contributed by atoms with van der Waals surface area (Å²) in [7, 11) is 0. The molecule has 1 N–H and O–H groups in total. The third-order valence-electron chi connectivity index (χ3n) is 3.98. The second-order valence-corrected chi connectivity index (χ2v) is 5.39. The van der Waals surface area contributed by atoms with Gasteiger partial charge in [0.15, 0.2) is 0 Å². The highest BCUT2D eigenvalue weighted by molar-refractivity contribution is 6.02. The van der Waals surface area contributed by atoms with Gasteiger partial charge >= 0.3 is 0 Å². The van der Waals surface area contributed by atoms with Gasteiger partial charge in [-0.3, -0.25) is 0 Å². The standard InChI is InChI=1S/C19H20O/c1-2-3-12-18(20)19-16-10-6-4-8-14(16)13-15-9-5-7-11-17(15)19/h4-11,13,18,20H,2-3,12H2,1H3. The summed E-state index contributed by atoms with van der Waals surface area (Å²) in [6.45, 7) is 2.16. The van der Waals surface area contributed by atoms with Crippen LogP contribution in [0.3, 0.4) is 0 Å². The fraction of sp³-hybridized carbons (Fsp3) is 0.263. The average Bonchev–Trinajstić information content (AvgIpc) is 2.50. The molecule has 3 aromatic rings. The fourth-order valence-corrected chi connectivity index (χ4v) is 2.95. The van der Waals surface area contributed by atoms with Gasteiger partial charge in [0, 0.05) is 0 Å². The lowest BCUT2D eigenvalue weighted by molar-refractivity contribution is 0.167. The maximum Gasteiger partial charge on any atom is 0.0802 e. The van der Waals surface area contributed by atoms with Gasteiger partial charge in [-0.1, -0.05) is 68.3 Å². The maximum absolute atomic E-state index is 10.6. The van der Waals surface area contributed by atoms with Crippen LogP contribution in [0.2, 0.25) is 0 Å². The van der Waals surface area contributed by atoms with Gasteiger partial charge in [-0.15, -0.1) is 0 Å². The van der Waals surface area contributed by atoms with Crippen molar-refractivity contribution in [3.63, 3.8) is 0 Å². The van der Waals surface area contributed by atoms with Gasteiger partial charge in [0.25, 0.3) is 0 Å². The molecular formula is C19H20O. The zero-order valence-electron chi connectivity index (χ0n) is 11.8. The van der Waals surface area contributed by atoms with Gasteiger partial charge in [-0.2, -0.15) is 0 Å². The molecule has 0 amide bonds. The van der Waals surface area contributed by atoms with E-state index in [1.165, 1.54) is 21.5 Å². The first-order chi connectivity index (χ1) is 9.81. The van der Waals surface area contributed by atoms with Crippen LogP contribution in [0.1, 0.15) is 37.9 Å². The third-order valence-corrected chi connectivity index (χ3v) is 3.98. The molecule has 102 valence electrons. The molecule has 0 aliphatic heterocycles. The smallest absolute Gasteiger partial charge is 0.0802 e. The fourth-order valence-electron chi connectivity index (χ4n) is 2.95. The molecule has 1 heteroatoms. The van der Waals surface area contributed by atoms with Crippen LogP contribution < -0.4 is 0 Å². The minimum Gasteiger partial charge on any atom is -0.388 e. The zero-order valence-corrected chi connectivity index (χ0v) is 11.8. The lowest BCUT2D eigenvalue weighted by Gasteiger charge is -2.17. The summed E-state index contributed by atoms with van der Waals surface area (Å²) in [4.78, 5) is 0. The van der Waals surface area contributed by atoms with Gasteiger partial charge in [-0.25, -0.2) is 0 Å². The van der Waals surface area contributed by atoms with Gasteiger partial charge in [0.1, 0.15) is 0 Å². The predicted molar refractivity (Wildman–Crippen MR) is 85.9 cm³/mol. The highest BCUT2D eigenvalue weighted by Crippen LogP contribution is 2.34. The van der Waals surface area contributed by atoms with Crippen LogP contribution in [0.4, 0.5) is 0 Å². The van der Waals surface area contributed by atoms with E-state index in [2.05, 4.69) is 49.4 Å². The molecule has 1 nitrogen and oxygen atoms in total. The summed E-state index contributed by atoms with van der Waals surface area (Å²) in [5.41, 5.74) is 1.09. The Labute approximate surface area is 119 Å². The van der Waals surface area contributed by atoms with Crippen molar-refractivity contribution in [1.82, 2.24) is 0 Å². The number of hydrogen-bond acceptors (Lipinski definition) is 1. The van der Waals surface area contributed by atoms with Crippen molar-refractivity contribution in [3.8, 4) is 0 Å². The number of hydrogen-bond donors (Lipinski definition) is 1. The van der Waals surface area contributed by atoms with Crippen LogP contribution in [0.15, 0.2) is 54.6 Å². The largest absolute Gasteiger partial charge is 0.388 e. The molecule has 0 saturated heterocycles. The molecule has 0 aliphatic carbocycles. The van der Waals surface area contributed by atoms with E-state index in [0.29, 0.717) is 0 Å². The second kappa shape index (κ2) is 5.64. The molecule has 0 bridgehead atoms. The minimum atomic E-state index is -0.383. The third kappa shape index (κ3) is 2.30. The summed E-state index contributed by atoms with van der Waals surface area (Å²) >= 11 is 0. The van der Waals surface area contributed by atoms with E-state index in [4.69, 9.17) is 0 Å². The predicted octanol–water partition coefficient (Wildman–Crippen LogP) is 5.22. The van der Waals surface area contributed by atoms with Gasteiger partial charge < -0.3 is 5.11 Å². The van der Waals surface area contributed by atoms with Crippen molar-refractivity contribution in [2.75, 3.05) is 0 Å². The Morgan fingerprint density at radius 2 is 1.45 bits per heavy atom. The van der Waals surface area contributed by atoms with E-state index in [1.807, 2.05) is 12.1 Å². The van der Waals surface area contributed by atoms with E-state index in [0.717, 1.165) is 24.8 Å². The first-order valence-electron chi connectivity index (χ1n) is 7.39. The van der Waals surface area contributed by atoms with Crippen LogP contribution in [-0.4, -0.2) is 5.11 Å². The molecule has 0 spiro atoms. The molecule has 20 heavy (non-hydrogen) atoms. The molecule has 0 heterocycles. The van der Waals surface area contributed by atoms with Gasteiger partial charge in [0.05, 0.1) is 6.10 Å². The Morgan fingerprint density at radius 1 is 0.900 bits per heavy atom. The number of rotatable bonds is 4. The molecule has 0 aromatic heterocycles. The molecule has 0 aliphatic rings. The van der Waals surface area contributed by atoms with Crippen LogP contribution >= 0.6 is 0 Å². The number of aliphatic hydroxyl groups excluding tert-OH is 1. The molecule has 3 rings (SSSR count). The molecule has 0 saturated carbocycles. The van der Waals surface area contributed by atoms with E-state index in [-0.39, 0.29) is 6.10 Å².